The molecule has 3 aromatic heterocycles. The first-order chi connectivity index (χ1) is 16.2. The second-order valence-corrected chi connectivity index (χ2v) is 10.5. The lowest BCUT2D eigenvalue weighted by Gasteiger charge is -2.26. The Bertz CT molecular complexity index is 1390. The normalized spacial score (nSPS) is 20.5. The van der Waals surface area contributed by atoms with Crippen molar-refractivity contribution in [3.63, 3.8) is 0 Å². The van der Waals surface area contributed by atoms with E-state index >= 15 is 0 Å². The van der Waals surface area contributed by atoms with Crippen molar-refractivity contribution in [3.8, 4) is 11.3 Å². The van der Waals surface area contributed by atoms with Gasteiger partial charge in [-0.15, -0.1) is 0 Å². The standard InChI is InChI=1S/C25H29N7O2/c1-25(2,3)34-24(33)32-12-17-10-31(11-18(17)13-32)23-28-20(21-22(29-23)30(4)14-27-21)16-6-5-15-7-8-26-19(15)9-16/h5-9,14,17-18,26H,10-13H2,1-4H3. The number of imidazole rings is 1. The van der Waals surface area contributed by atoms with Gasteiger partial charge < -0.3 is 24.1 Å². The van der Waals surface area contributed by atoms with Crippen molar-refractivity contribution in [2.75, 3.05) is 31.1 Å². The molecule has 0 spiro atoms. The maximum atomic E-state index is 12.5. The molecule has 2 saturated heterocycles. The van der Waals surface area contributed by atoms with Crippen LogP contribution in [0.15, 0.2) is 36.8 Å². The van der Waals surface area contributed by atoms with Crippen molar-refractivity contribution in [2.45, 2.75) is 26.4 Å². The molecule has 1 N–H and O–H groups in total. The summed E-state index contributed by atoms with van der Waals surface area (Å²) >= 11 is 0. The average Bonchev–Trinajstić information content (AvgIpc) is 3.54. The van der Waals surface area contributed by atoms with Crippen LogP contribution < -0.4 is 4.90 Å². The molecule has 0 aliphatic carbocycles. The fourth-order valence-corrected chi connectivity index (χ4v) is 5.17. The van der Waals surface area contributed by atoms with Crippen LogP contribution in [0.5, 0.6) is 0 Å². The summed E-state index contributed by atoms with van der Waals surface area (Å²) in [5, 5.41) is 1.16. The lowest BCUT2D eigenvalue weighted by atomic mass is 10.0. The molecule has 2 aliphatic heterocycles. The Balaban J connectivity index is 1.29. The third-order valence-corrected chi connectivity index (χ3v) is 6.80. The van der Waals surface area contributed by atoms with Crippen molar-refractivity contribution < 1.29 is 9.53 Å². The summed E-state index contributed by atoms with van der Waals surface area (Å²) < 4.78 is 7.52. The minimum absolute atomic E-state index is 0.219. The summed E-state index contributed by atoms with van der Waals surface area (Å²) in [6.07, 6.45) is 3.51. The number of nitrogens with zero attached hydrogens (tertiary/aromatic N) is 6. The van der Waals surface area contributed by atoms with E-state index in [1.165, 1.54) is 0 Å². The number of amides is 1. The lowest BCUT2D eigenvalue weighted by molar-refractivity contribution is 0.0282. The first-order valence-electron chi connectivity index (χ1n) is 11.7. The van der Waals surface area contributed by atoms with Gasteiger partial charge >= 0.3 is 6.09 Å². The monoisotopic (exact) mass is 459 g/mol. The number of hydrogen-bond acceptors (Lipinski definition) is 6. The Labute approximate surface area is 197 Å². The molecule has 176 valence electrons. The molecule has 1 aromatic carbocycles. The molecule has 2 unspecified atom stereocenters. The molecule has 5 heterocycles. The number of hydrogen-bond donors (Lipinski definition) is 1. The number of H-pyrrole nitrogens is 1. The second kappa shape index (κ2) is 7.44. The van der Waals surface area contributed by atoms with Gasteiger partial charge in [-0.2, -0.15) is 4.98 Å². The zero-order chi connectivity index (χ0) is 23.6. The molecule has 2 aliphatic rings. The lowest BCUT2D eigenvalue weighted by Crippen LogP contribution is -2.37. The van der Waals surface area contributed by atoms with Crippen molar-refractivity contribution in [1.29, 1.82) is 0 Å². The van der Waals surface area contributed by atoms with E-state index in [0.29, 0.717) is 24.9 Å². The fraction of sp³-hybridized carbons (Fsp3) is 0.440. The minimum atomic E-state index is -0.479. The number of rotatable bonds is 2. The van der Waals surface area contributed by atoms with Gasteiger partial charge in [0.05, 0.1) is 6.33 Å². The number of aryl methyl sites for hydroxylation is 1. The number of aromatic nitrogens is 5. The van der Waals surface area contributed by atoms with Crippen LogP contribution in [0, 0.1) is 11.8 Å². The van der Waals surface area contributed by atoms with Crippen molar-refractivity contribution in [1.82, 2.24) is 29.4 Å². The van der Waals surface area contributed by atoms with E-state index in [1.54, 1.807) is 6.33 Å². The topological polar surface area (TPSA) is 92.2 Å². The van der Waals surface area contributed by atoms with Crippen molar-refractivity contribution in [3.05, 3.63) is 36.8 Å². The summed E-state index contributed by atoms with van der Waals surface area (Å²) in [7, 11) is 1.96. The van der Waals surface area contributed by atoms with Gasteiger partial charge in [-0.3, -0.25) is 0 Å². The van der Waals surface area contributed by atoms with Crippen LogP contribution in [0.3, 0.4) is 0 Å². The molecule has 0 bridgehead atoms. The highest BCUT2D eigenvalue weighted by atomic mass is 16.6. The maximum absolute atomic E-state index is 12.5. The molecule has 0 radical (unpaired) electrons. The molecule has 2 fully saturated rings. The van der Waals surface area contributed by atoms with E-state index in [4.69, 9.17) is 14.7 Å². The number of aromatic amines is 1. The number of benzene rings is 1. The Morgan fingerprint density at radius 2 is 1.85 bits per heavy atom. The summed E-state index contributed by atoms with van der Waals surface area (Å²) in [5.41, 5.74) is 4.06. The van der Waals surface area contributed by atoms with Gasteiger partial charge in [-0.25, -0.2) is 14.8 Å². The number of anilines is 1. The highest BCUT2D eigenvalue weighted by molar-refractivity contribution is 5.92. The molecule has 0 saturated carbocycles. The van der Waals surface area contributed by atoms with E-state index in [1.807, 2.05) is 43.5 Å². The zero-order valence-electron chi connectivity index (χ0n) is 19.9. The summed E-state index contributed by atoms with van der Waals surface area (Å²) in [6, 6.07) is 8.37. The van der Waals surface area contributed by atoms with Crippen molar-refractivity contribution in [2.24, 2.45) is 18.9 Å². The number of nitrogens with one attached hydrogen (secondary N) is 1. The van der Waals surface area contributed by atoms with Gasteiger partial charge in [0.25, 0.3) is 0 Å². The quantitative estimate of drug-likeness (QED) is 0.490. The molecular formula is C25H29N7O2. The first-order valence-corrected chi connectivity index (χ1v) is 11.7. The molecule has 1 amide bonds. The number of carbonyl (C=O) groups excluding carboxylic acids is 1. The predicted molar refractivity (Wildman–Crippen MR) is 131 cm³/mol. The highest BCUT2D eigenvalue weighted by Crippen LogP contribution is 2.35. The van der Waals surface area contributed by atoms with E-state index in [2.05, 4.69) is 39.1 Å². The molecular weight excluding hydrogens is 430 g/mol. The average molecular weight is 460 g/mol. The Morgan fingerprint density at radius 1 is 1.09 bits per heavy atom. The third-order valence-electron chi connectivity index (χ3n) is 6.80. The fourth-order valence-electron chi connectivity index (χ4n) is 5.17. The number of fused-ring (bicyclic) bond motifs is 3. The number of carbonyl (C=O) groups is 1. The molecule has 4 aromatic rings. The Kier molecular flexibility index (Phi) is 4.59. The van der Waals surface area contributed by atoms with Gasteiger partial charge in [0.15, 0.2) is 5.65 Å². The summed E-state index contributed by atoms with van der Waals surface area (Å²) in [4.78, 5) is 34.4. The largest absolute Gasteiger partial charge is 0.444 e. The maximum Gasteiger partial charge on any atom is 0.410 e. The van der Waals surface area contributed by atoms with Crippen LogP contribution in [0.2, 0.25) is 0 Å². The Hall–Kier alpha value is -3.62. The van der Waals surface area contributed by atoms with Gasteiger partial charge in [-0.1, -0.05) is 12.1 Å². The molecule has 9 nitrogen and oxygen atoms in total. The third kappa shape index (κ3) is 3.55. The van der Waals surface area contributed by atoms with Crippen LogP contribution in [0.4, 0.5) is 10.7 Å². The smallest absolute Gasteiger partial charge is 0.410 e. The molecule has 34 heavy (non-hydrogen) atoms. The van der Waals surface area contributed by atoms with Crippen LogP contribution in [0.1, 0.15) is 20.8 Å². The predicted octanol–water partition coefficient (Wildman–Crippen LogP) is 3.81. The second-order valence-electron chi connectivity index (χ2n) is 10.5. The highest BCUT2D eigenvalue weighted by Gasteiger charge is 2.43. The van der Waals surface area contributed by atoms with E-state index in [-0.39, 0.29) is 6.09 Å². The van der Waals surface area contributed by atoms with Crippen LogP contribution in [-0.2, 0) is 11.8 Å². The summed E-state index contributed by atoms with van der Waals surface area (Å²) in [5.74, 6) is 1.49. The van der Waals surface area contributed by atoms with Crippen LogP contribution in [-0.4, -0.2) is 67.3 Å². The van der Waals surface area contributed by atoms with Crippen molar-refractivity contribution >= 4 is 34.1 Å². The van der Waals surface area contributed by atoms with Gasteiger partial charge in [0, 0.05) is 62.3 Å². The van der Waals surface area contributed by atoms with E-state index in [0.717, 1.165) is 52.4 Å². The van der Waals surface area contributed by atoms with Crippen LogP contribution in [0.25, 0.3) is 33.3 Å². The number of likely N-dealkylation sites (tertiary alicyclic amines) is 1. The van der Waals surface area contributed by atoms with Gasteiger partial charge in [0.2, 0.25) is 5.95 Å². The van der Waals surface area contributed by atoms with E-state index in [9.17, 15) is 4.79 Å². The van der Waals surface area contributed by atoms with Gasteiger partial charge in [0.1, 0.15) is 16.8 Å². The SMILES string of the molecule is Cn1cnc2c(-c3ccc4cc[nH]c4c3)nc(N3CC4CN(C(=O)OC(C)(C)C)CC4C3)nc21. The van der Waals surface area contributed by atoms with Gasteiger partial charge in [-0.05, 0) is 38.3 Å². The zero-order valence-corrected chi connectivity index (χ0v) is 19.9. The Morgan fingerprint density at radius 3 is 2.59 bits per heavy atom. The van der Waals surface area contributed by atoms with E-state index < -0.39 is 5.60 Å². The molecule has 2 atom stereocenters. The molecule has 9 heteroatoms. The minimum Gasteiger partial charge on any atom is -0.444 e. The molecule has 6 rings (SSSR count). The summed E-state index contributed by atoms with van der Waals surface area (Å²) in [6.45, 7) is 8.77. The first kappa shape index (κ1) is 20.9. The number of ether oxygens (including phenoxy) is 1. The van der Waals surface area contributed by atoms with Crippen LogP contribution >= 0.6 is 0 Å².